The summed E-state index contributed by atoms with van der Waals surface area (Å²) in [5, 5.41) is 5.68. The molecule has 5 heteroatoms. The van der Waals surface area contributed by atoms with Crippen molar-refractivity contribution in [2.24, 2.45) is 5.73 Å². The van der Waals surface area contributed by atoms with E-state index in [9.17, 15) is 9.59 Å². The fourth-order valence-corrected chi connectivity index (χ4v) is 1.29. The van der Waals surface area contributed by atoms with Gasteiger partial charge in [-0.25, -0.2) is 0 Å². The molecule has 0 aromatic heterocycles. The minimum atomic E-state index is -0.482. The second kappa shape index (κ2) is 6.52. The van der Waals surface area contributed by atoms with Gasteiger partial charge in [-0.1, -0.05) is 13.0 Å². The van der Waals surface area contributed by atoms with Crippen LogP contribution in [0.4, 0.5) is 5.69 Å². The normalized spacial score (nSPS) is 9.71. The lowest BCUT2D eigenvalue weighted by molar-refractivity contribution is -0.119. The van der Waals surface area contributed by atoms with Crippen LogP contribution in [-0.4, -0.2) is 24.9 Å². The van der Waals surface area contributed by atoms with E-state index < -0.39 is 5.91 Å². The van der Waals surface area contributed by atoms with Gasteiger partial charge in [0.1, 0.15) is 0 Å². The third-order valence-electron chi connectivity index (χ3n) is 2.17. The largest absolute Gasteiger partial charge is 0.376 e. The van der Waals surface area contributed by atoms with Gasteiger partial charge in [0, 0.05) is 17.8 Å². The topological polar surface area (TPSA) is 84.2 Å². The van der Waals surface area contributed by atoms with Crippen LogP contribution in [-0.2, 0) is 4.79 Å². The lowest BCUT2D eigenvalue weighted by Gasteiger charge is -2.07. The summed E-state index contributed by atoms with van der Waals surface area (Å²) >= 11 is 0. The summed E-state index contributed by atoms with van der Waals surface area (Å²) in [7, 11) is 0. The van der Waals surface area contributed by atoms with E-state index in [4.69, 9.17) is 5.73 Å². The molecular weight excluding hydrogens is 218 g/mol. The summed E-state index contributed by atoms with van der Waals surface area (Å²) in [6, 6.07) is 6.74. The summed E-state index contributed by atoms with van der Waals surface area (Å²) < 4.78 is 0. The minimum Gasteiger partial charge on any atom is -0.376 e. The molecule has 0 saturated heterocycles. The predicted molar refractivity (Wildman–Crippen MR) is 66.8 cm³/mol. The summed E-state index contributed by atoms with van der Waals surface area (Å²) in [6.45, 7) is 2.84. The number of primary amides is 1. The Balaban J connectivity index is 2.49. The number of hydrogen-bond acceptors (Lipinski definition) is 3. The Morgan fingerprint density at radius 1 is 1.35 bits per heavy atom. The van der Waals surface area contributed by atoms with Crippen LogP contribution in [0.1, 0.15) is 23.7 Å². The second-order valence-corrected chi connectivity index (χ2v) is 3.65. The number of benzene rings is 1. The molecule has 2 amide bonds. The fourth-order valence-electron chi connectivity index (χ4n) is 1.29. The van der Waals surface area contributed by atoms with Crippen LogP contribution in [0.2, 0.25) is 0 Å². The summed E-state index contributed by atoms with van der Waals surface area (Å²) in [4.78, 5) is 22.3. The van der Waals surface area contributed by atoms with Gasteiger partial charge in [0.2, 0.25) is 11.8 Å². The lowest BCUT2D eigenvalue weighted by atomic mass is 10.2. The van der Waals surface area contributed by atoms with E-state index in [2.05, 4.69) is 10.6 Å². The summed E-state index contributed by atoms with van der Waals surface area (Å²) in [6.07, 6.45) is 0.906. The maximum absolute atomic E-state index is 11.3. The smallest absolute Gasteiger partial charge is 0.248 e. The number of amides is 2. The Kier molecular flexibility index (Phi) is 5.00. The van der Waals surface area contributed by atoms with Crippen LogP contribution in [0.3, 0.4) is 0 Å². The highest BCUT2D eigenvalue weighted by atomic mass is 16.2. The van der Waals surface area contributed by atoms with E-state index in [1.165, 1.54) is 0 Å². The second-order valence-electron chi connectivity index (χ2n) is 3.65. The van der Waals surface area contributed by atoms with E-state index in [0.29, 0.717) is 17.8 Å². The van der Waals surface area contributed by atoms with Crippen molar-refractivity contribution in [3.63, 3.8) is 0 Å². The molecule has 0 aliphatic rings. The minimum absolute atomic E-state index is 0.0728. The first-order valence-corrected chi connectivity index (χ1v) is 5.54. The molecule has 1 aromatic rings. The maximum atomic E-state index is 11.3. The zero-order chi connectivity index (χ0) is 12.7. The highest BCUT2D eigenvalue weighted by molar-refractivity contribution is 5.93. The highest BCUT2D eigenvalue weighted by Crippen LogP contribution is 2.09. The molecule has 0 aliphatic carbocycles. The van der Waals surface area contributed by atoms with Gasteiger partial charge < -0.3 is 16.4 Å². The Bertz CT molecular complexity index is 404. The first-order chi connectivity index (χ1) is 8.13. The molecule has 0 bridgehead atoms. The van der Waals surface area contributed by atoms with Crippen molar-refractivity contribution in [3.8, 4) is 0 Å². The zero-order valence-electron chi connectivity index (χ0n) is 9.82. The Morgan fingerprint density at radius 2 is 2.12 bits per heavy atom. The number of hydrogen-bond donors (Lipinski definition) is 3. The van der Waals surface area contributed by atoms with Crippen molar-refractivity contribution in [1.29, 1.82) is 0 Å². The van der Waals surface area contributed by atoms with Crippen molar-refractivity contribution >= 4 is 17.5 Å². The molecule has 0 saturated carbocycles. The fraction of sp³-hybridized carbons (Fsp3) is 0.333. The standard InChI is InChI=1S/C12H17N3O2/c1-2-6-14-11(16)8-15-10-5-3-4-9(7-10)12(13)17/h3-5,7,15H,2,6,8H2,1H3,(H2,13,17)(H,14,16). The third-order valence-corrected chi connectivity index (χ3v) is 2.17. The van der Waals surface area contributed by atoms with Crippen molar-refractivity contribution < 1.29 is 9.59 Å². The molecule has 17 heavy (non-hydrogen) atoms. The zero-order valence-corrected chi connectivity index (χ0v) is 9.82. The summed E-state index contributed by atoms with van der Waals surface area (Å²) in [5.74, 6) is -0.555. The number of rotatable bonds is 6. The van der Waals surface area contributed by atoms with E-state index in [-0.39, 0.29) is 12.5 Å². The van der Waals surface area contributed by atoms with Crippen LogP contribution >= 0.6 is 0 Å². The van der Waals surface area contributed by atoms with Crippen molar-refractivity contribution in [3.05, 3.63) is 29.8 Å². The van der Waals surface area contributed by atoms with Gasteiger partial charge in [0.25, 0.3) is 0 Å². The van der Waals surface area contributed by atoms with Gasteiger partial charge >= 0.3 is 0 Å². The van der Waals surface area contributed by atoms with Crippen molar-refractivity contribution in [1.82, 2.24) is 5.32 Å². The average molecular weight is 235 g/mol. The maximum Gasteiger partial charge on any atom is 0.248 e. The van der Waals surface area contributed by atoms with Gasteiger partial charge in [-0.05, 0) is 24.6 Å². The number of nitrogens with two attached hydrogens (primary N) is 1. The number of anilines is 1. The van der Waals surface area contributed by atoms with Gasteiger partial charge in [0.15, 0.2) is 0 Å². The van der Waals surface area contributed by atoms with E-state index in [0.717, 1.165) is 6.42 Å². The van der Waals surface area contributed by atoms with E-state index in [1.807, 2.05) is 6.92 Å². The van der Waals surface area contributed by atoms with Crippen molar-refractivity contribution in [2.75, 3.05) is 18.4 Å². The molecule has 4 N–H and O–H groups in total. The quantitative estimate of drug-likeness (QED) is 0.679. The van der Waals surface area contributed by atoms with Crippen LogP contribution in [0.15, 0.2) is 24.3 Å². The van der Waals surface area contributed by atoms with Gasteiger partial charge in [0.05, 0.1) is 6.54 Å². The summed E-state index contributed by atoms with van der Waals surface area (Å²) in [5.41, 5.74) is 6.28. The average Bonchev–Trinajstić information content (AvgIpc) is 2.34. The molecule has 0 radical (unpaired) electrons. The molecule has 0 spiro atoms. The lowest BCUT2D eigenvalue weighted by Crippen LogP contribution is -2.30. The molecule has 1 rings (SSSR count). The SMILES string of the molecule is CCCNC(=O)CNc1cccc(C(N)=O)c1. The number of nitrogens with one attached hydrogen (secondary N) is 2. The Hall–Kier alpha value is -2.04. The van der Waals surface area contributed by atoms with Crippen LogP contribution in [0, 0.1) is 0 Å². The molecule has 1 aromatic carbocycles. The first-order valence-electron chi connectivity index (χ1n) is 5.54. The van der Waals surface area contributed by atoms with E-state index in [1.54, 1.807) is 24.3 Å². The highest BCUT2D eigenvalue weighted by Gasteiger charge is 2.03. The van der Waals surface area contributed by atoms with Crippen molar-refractivity contribution in [2.45, 2.75) is 13.3 Å². The predicted octanol–water partition coefficient (Wildman–Crippen LogP) is 0.724. The molecule has 0 heterocycles. The molecule has 0 aliphatic heterocycles. The molecule has 0 unspecified atom stereocenters. The van der Waals surface area contributed by atoms with E-state index >= 15 is 0 Å². The molecular formula is C12H17N3O2. The van der Waals surface area contributed by atoms with Crippen LogP contribution in [0.5, 0.6) is 0 Å². The first kappa shape index (κ1) is 13.0. The molecule has 5 nitrogen and oxygen atoms in total. The number of carbonyl (C=O) groups excluding carboxylic acids is 2. The van der Waals surface area contributed by atoms with Gasteiger partial charge in [-0.3, -0.25) is 9.59 Å². The monoisotopic (exact) mass is 235 g/mol. The third kappa shape index (κ3) is 4.55. The van der Waals surface area contributed by atoms with Gasteiger partial charge in [-0.2, -0.15) is 0 Å². The molecule has 0 atom stereocenters. The Labute approximate surface area is 100 Å². The van der Waals surface area contributed by atoms with Crippen LogP contribution in [0.25, 0.3) is 0 Å². The Morgan fingerprint density at radius 3 is 2.76 bits per heavy atom. The molecule has 92 valence electrons. The number of carbonyl (C=O) groups is 2. The molecule has 0 fully saturated rings. The van der Waals surface area contributed by atoms with Gasteiger partial charge in [-0.15, -0.1) is 0 Å². The van der Waals surface area contributed by atoms with Crippen LogP contribution < -0.4 is 16.4 Å².